The number of rotatable bonds is 3. The lowest BCUT2D eigenvalue weighted by Gasteiger charge is -2.30. The van der Waals surface area contributed by atoms with Gasteiger partial charge in [0.1, 0.15) is 5.75 Å². The molecule has 0 saturated heterocycles. The molecule has 0 radical (unpaired) electrons. The molecule has 1 aliphatic heterocycles. The summed E-state index contributed by atoms with van der Waals surface area (Å²) in [5.74, 6) is -0.593. The first-order valence-corrected chi connectivity index (χ1v) is 8.14. The van der Waals surface area contributed by atoms with Crippen LogP contribution in [0, 0.1) is 5.92 Å². The predicted octanol–water partition coefficient (Wildman–Crippen LogP) is 2.27. The summed E-state index contributed by atoms with van der Waals surface area (Å²) >= 11 is 5.92. The Morgan fingerprint density at radius 3 is 2.70 bits per heavy atom. The summed E-state index contributed by atoms with van der Waals surface area (Å²) in [6.45, 7) is 0.379. The van der Waals surface area contributed by atoms with Crippen molar-refractivity contribution < 1.29 is 19.4 Å². The zero-order valence-electron chi connectivity index (χ0n) is 12.5. The maximum atomic E-state index is 12.3. The van der Waals surface area contributed by atoms with E-state index in [2.05, 4.69) is 10.6 Å². The van der Waals surface area contributed by atoms with Crippen molar-refractivity contribution in [2.75, 3.05) is 11.9 Å². The molecular weight excluding hydrogens is 320 g/mol. The van der Waals surface area contributed by atoms with Crippen molar-refractivity contribution in [2.24, 2.45) is 5.92 Å². The molecule has 0 aromatic heterocycles. The van der Waals surface area contributed by atoms with Crippen LogP contribution in [0.25, 0.3) is 0 Å². The van der Waals surface area contributed by atoms with Crippen LogP contribution < -0.4 is 15.4 Å². The van der Waals surface area contributed by atoms with Crippen LogP contribution in [0.4, 0.5) is 5.69 Å². The molecule has 2 aliphatic rings. The third kappa shape index (κ3) is 3.69. The van der Waals surface area contributed by atoms with Gasteiger partial charge < -0.3 is 20.5 Å². The van der Waals surface area contributed by atoms with Gasteiger partial charge in [0.25, 0.3) is 5.91 Å². The van der Waals surface area contributed by atoms with Gasteiger partial charge in [-0.15, -0.1) is 0 Å². The Morgan fingerprint density at radius 2 is 2.00 bits per heavy atom. The van der Waals surface area contributed by atoms with Gasteiger partial charge in [0, 0.05) is 11.1 Å². The number of fused-ring (bicyclic) bond motifs is 1. The molecule has 1 fully saturated rings. The molecular formula is C16H19ClN2O4. The summed E-state index contributed by atoms with van der Waals surface area (Å²) in [6.07, 6.45) is 1.99. The van der Waals surface area contributed by atoms with Crippen LogP contribution in [0.15, 0.2) is 18.2 Å². The Kier molecular flexibility index (Phi) is 4.61. The smallest absolute Gasteiger partial charge is 0.306 e. The number of anilines is 1. The zero-order chi connectivity index (χ0) is 16.4. The van der Waals surface area contributed by atoms with Crippen molar-refractivity contribution in [1.29, 1.82) is 0 Å². The van der Waals surface area contributed by atoms with E-state index >= 15 is 0 Å². The highest BCUT2D eigenvalue weighted by molar-refractivity contribution is 6.30. The average molecular weight is 339 g/mol. The molecule has 124 valence electrons. The first-order chi connectivity index (χ1) is 11.0. The van der Waals surface area contributed by atoms with Crippen LogP contribution in [0.2, 0.25) is 5.02 Å². The molecule has 1 aromatic rings. The third-order valence-corrected chi connectivity index (χ3v) is 4.64. The van der Waals surface area contributed by atoms with Crippen molar-refractivity contribution >= 4 is 29.2 Å². The highest BCUT2D eigenvalue weighted by Crippen LogP contribution is 2.32. The molecule has 1 atom stereocenters. The molecule has 1 aromatic carbocycles. The molecule has 7 heteroatoms. The van der Waals surface area contributed by atoms with E-state index in [-0.39, 0.29) is 17.9 Å². The third-order valence-electron chi connectivity index (χ3n) is 4.40. The number of ether oxygens (including phenoxy) is 1. The number of carbonyl (C=O) groups is 2. The van der Waals surface area contributed by atoms with Gasteiger partial charge in [-0.25, -0.2) is 0 Å². The van der Waals surface area contributed by atoms with E-state index in [0.29, 0.717) is 43.0 Å². The summed E-state index contributed by atoms with van der Waals surface area (Å²) in [4.78, 5) is 23.3. The van der Waals surface area contributed by atoms with E-state index in [0.717, 1.165) is 5.69 Å². The van der Waals surface area contributed by atoms with Crippen molar-refractivity contribution in [3.8, 4) is 5.75 Å². The summed E-state index contributed by atoms with van der Waals surface area (Å²) in [6, 6.07) is 5.24. The summed E-state index contributed by atoms with van der Waals surface area (Å²) in [7, 11) is 0. The molecule has 3 N–H and O–H groups in total. The number of halogens is 1. The number of carboxylic acid groups (broad SMARTS) is 1. The lowest BCUT2D eigenvalue weighted by atomic mass is 9.86. The number of aliphatic carboxylic acids is 1. The molecule has 0 spiro atoms. The van der Waals surface area contributed by atoms with Crippen LogP contribution in [-0.4, -0.2) is 35.7 Å². The number of hydrogen-bond acceptors (Lipinski definition) is 4. The molecule has 3 rings (SSSR count). The fourth-order valence-corrected chi connectivity index (χ4v) is 3.24. The lowest BCUT2D eigenvalue weighted by Crippen LogP contribution is -2.49. The number of nitrogens with one attached hydrogen (secondary N) is 2. The molecule has 23 heavy (non-hydrogen) atoms. The second-order valence-corrected chi connectivity index (χ2v) is 6.46. The molecule has 1 unspecified atom stereocenters. The monoisotopic (exact) mass is 338 g/mol. The maximum Gasteiger partial charge on any atom is 0.306 e. The van der Waals surface area contributed by atoms with Gasteiger partial charge in [0.05, 0.1) is 18.2 Å². The van der Waals surface area contributed by atoms with Crippen LogP contribution in [0.3, 0.4) is 0 Å². The number of benzene rings is 1. The van der Waals surface area contributed by atoms with Crippen molar-refractivity contribution in [1.82, 2.24) is 5.32 Å². The Morgan fingerprint density at radius 1 is 1.26 bits per heavy atom. The van der Waals surface area contributed by atoms with Crippen LogP contribution in [-0.2, 0) is 9.59 Å². The number of hydrogen-bond donors (Lipinski definition) is 3. The second kappa shape index (κ2) is 6.66. The minimum absolute atomic E-state index is 0.0216. The van der Waals surface area contributed by atoms with Gasteiger partial charge in [-0.3, -0.25) is 9.59 Å². The molecule has 1 amide bonds. The minimum atomic E-state index is -0.746. The number of amides is 1. The lowest BCUT2D eigenvalue weighted by molar-refractivity contribution is -0.142. The fraction of sp³-hybridized carbons (Fsp3) is 0.500. The molecule has 1 heterocycles. The van der Waals surface area contributed by atoms with Crippen molar-refractivity contribution in [3.63, 3.8) is 0 Å². The van der Waals surface area contributed by atoms with Crippen molar-refractivity contribution in [2.45, 2.75) is 37.8 Å². The summed E-state index contributed by atoms with van der Waals surface area (Å²) in [5, 5.41) is 15.7. The van der Waals surface area contributed by atoms with Gasteiger partial charge >= 0.3 is 5.97 Å². The summed E-state index contributed by atoms with van der Waals surface area (Å²) < 4.78 is 5.72. The Balaban J connectivity index is 1.54. The van der Waals surface area contributed by atoms with Gasteiger partial charge in [-0.05, 0) is 43.9 Å². The van der Waals surface area contributed by atoms with Crippen LogP contribution >= 0.6 is 11.6 Å². The van der Waals surface area contributed by atoms with E-state index in [4.69, 9.17) is 21.4 Å². The van der Waals surface area contributed by atoms with Crippen LogP contribution in [0.1, 0.15) is 25.7 Å². The van der Waals surface area contributed by atoms with Crippen LogP contribution in [0.5, 0.6) is 5.75 Å². The van der Waals surface area contributed by atoms with Gasteiger partial charge in [0.2, 0.25) is 0 Å². The van der Waals surface area contributed by atoms with E-state index in [9.17, 15) is 9.59 Å². The highest BCUT2D eigenvalue weighted by Gasteiger charge is 2.30. The molecule has 0 bridgehead atoms. The second-order valence-electron chi connectivity index (χ2n) is 6.02. The zero-order valence-corrected chi connectivity index (χ0v) is 13.3. The normalized spacial score (nSPS) is 26.4. The fourth-order valence-electron chi connectivity index (χ4n) is 3.07. The number of carboxylic acids is 1. The SMILES string of the molecule is O=C(N[C@H]1CC[C@H](C(=O)O)CC1)C1CNc2cc(Cl)ccc2O1. The van der Waals surface area contributed by atoms with Crippen molar-refractivity contribution in [3.05, 3.63) is 23.2 Å². The highest BCUT2D eigenvalue weighted by atomic mass is 35.5. The van der Waals surface area contributed by atoms with Gasteiger partial charge in [0.15, 0.2) is 6.10 Å². The molecule has 1 saturated carbocycles. The molecule has 6 nitrogen and oxygen atoms in total. The Bertz CT molecular complexity index is 614. The Hall–Kier alpha value is -1.95. The Labute approximate surface area is 139 Å². The van der Waals surface area contributed by atoms with E-state index in [1.807, 2.05) is 0 Å². The largest absolute Gasteiger partial charge is 0.481 e. The average Bonchev–Trinajstić information content (AvgIpc) is 2.54. The van der Waals surface area contributed by atoms with Gasteiger partial charge in [-0.2, -0.15) is 0 Å². The first kappa shape index (κ1) is 15.9. The minimum Gasteiger partial charge on any atom is -0.481 e. The standard InChI is InChI=1S/C16H19ClN2O4/c17-10-3-6-13-12(7-10)18-8-14(23-13)15(20)19-11-4-1-9(2-5-11)16(21)22/h3,6-7,9,11,14,18H,1-2,4-5,8H2,(H,19,20)(H,21,22)/t9-,11-,14?. The van der Waals surface area contributed by atoms with E-state index in [1.54, 1.807) is 18.2 Å². The molecule has 1 aliphatic carbocycles. The van der Waals surface area contributed by atoms with E-state index in [1.165, 1.54) is 0 Å². The van der Waals surface area contributed by atoms with E-state index < -0.39 is 12.1 Å². The quantitative estimate of drug-likeness (QED) is 0.787. The maximum absolute atomic E-state index is 12.3. The predicted molar refractivity (Wildman–Crippen MR) is 85.9 cm³/mol. The first-order valence-electron chi connectivity index (χ1n) is 7.76. The topological polar surface area (TPSA) is 87.7 Å². The number of carbonyl (C=O) groups excluding carboxylic acids is 1. The van der Waals surface area contributed by atoms with Gasteiger partial charge in [-0.1, -0.05) is 11.6 Å². The summed E-state index contributed by atoms with van der Waals surface area (Å²) in [5.41, 5.74) is 0.781.